The molecule has 0 aromatic heterocycles. The quantitative estimate of drug-likeness (QED) is 0.331. The lowest BCUT2D eigenvalue weighted by Gasteiger charge is -2.42. The van der Waals surface area contributed by atoms with Gasteiger partial charge in [0.1, 0.15) is 5.75 Å². The number of benzene rings is 3. The summed E-state index contributed by atoms with van der Waals surface area (Å²) >= 11 is 0. The minimum Gasteiger partial charge on any atom is -0.491 e. The summed E-state index contributed by atoms with van der Waals surface area (Å²) in [4.78, 5) is 4.75. The van der Waals surface area contributed by atoms with Gasteiger partial charge in [-0.05, 0) is 68.5 Å². The van der Waals surface area contributed by atoms with Gasteiger partial charge in [0.2, 0.25) is 0 Å². The Morgan fingerprint density at radius 3 is 1.81 bits per heavy atom. The van der Waals surface area contributed by atoms with E-state index < -0.39 is 5.60 Å². The van der Waals surface area contributed by atoms with Crippen LogP contribution >= 0.6 is 24.8 Å². The number of hydrogen-bond donors (Lipinski definition) is 1. The molecular weight excluding hydrogens is 491 g/mol. The lowest BCUT2D eigenvalue weighted by molar-refractivity contribution is -0.0321. The summed E-state index contributed by atoms with van der Waals surface area (Å²) in [5.74, 6) is 0.893. The minimum absolute atomic E-state index is 0. The number of ether oxygens (including phenoxy) is 1. The van der Waals surface area contributed by atoms with Crippen LogP contribution in [0.4, 0.5) is 5.69 Å². The standard InChI is InChI=1S/C30H38N2O2.2ClH/c1-24(2)34-28-16-14-27(15-17-28)31(3)21-18-30(33)19-22-32(23-20-30)29(25-10-6-4-7-11-25)26-12-8-5-9-13-26;;/h4-17,24,29,33H,18-23H2,1-3H3;2*1H. The Hall–Kier alpha value is -2.24. The monoisotopic (exact) mass is 530 g/mol. The van der Waals surface area contributed by atoms with Crippen molar-refractivity contribution in [1.82, 2.24) is 4.90 Å². The van der Waals surface area contributed by atoms with Gasteiger partial charge in [-0.25, -0.2) is 0 Å². The van der Waals surface area contributed by atoms with Crippen LogP contribution in [-0.2, 0) is 0 Å². The van der Waals surface area contributed by atoms with Gasteiger partial charge >= 0.3 is 0 Å². The van der Waals surface area contributed by atoms with Gasteiger partial charge in [-0.1, -0.05) is 60.7 Å². The fourth-order valence-corrected chi connectivity index (χ4v) is 4.89. The highest BCUT2D eigenvalue weighted by atomic mass is 35.5. The Morgan fingerprint density at radius 1 is 0.833 bits per heavy atom. The van der Waals surface area contributed by atoms with E-state index in [0.29, 0.717) is 0 Å². The summed E-state index contributed by atoms with van der Waals surface area (Å²) in [5, 5.41) is 11.4. The second-order valence-corrected chi connectivity index (χ2v) is 9.82. The summed E-state index contributed by atoms with van der Waals surface area (Å²) in [6.07, 6.45) is 2.52. The molecule has 1 aliphatic rings. The Bertz CT molecular complexity index is 969. The maximum atomic E-state index is 11.4. The smallest absolute Gasteiger partial charge is 0.119 e. The van der Waals surface area contributed by atoms with E-state index in [1.165, 1.54) is 11.1 Å². The third-order valence-corrected chi connectivity index (χ3v) is 6.89. The first kappa shape index (κ1) is 30.0. The van der Waals surface area contributed by atoms with E-state index in [-0.39, 0.29) is 37.0 Å². The molecule has 0 spiro atoms. The van der Waals surface area contributed by atoms with Crippen molar-refractivity contribution in [3.63, 3.8) is 0 Å². The van der Waals surface area contributed by atoms with Crippen LogP contribution in [0, 0.1) is 0 Å². The number of piperidine rings is 1. The Labute approximate surface area is 229 Å². The second kappa shape index (κ2) is 13.9. The summed E-state index contributed by atoms with van der Waals surface area (Å²) < 4.78 is 5.75. The molecule has 1 aliphatic heterocycles. The van der Waals surface area contributed by atoms with E-state index in [9.17, 15) is 5.11 Å². The van der Waals surface area contributed by atoms with Crippen molar-refractivity contribution in [2.45, 2.75) is 50.9 Å². The lowest BCUT2D eigenvalue weighted by Crippen LogP contribution is -2.47. The Balaban J connectivity index is 0.00000228. The van der Waals surface area contributed by atoms with Crippen molar-refractivity contribution >= 4 is 30.5 Å². The second-order valence-electron chi connectivity index (χ2n) is 9.82. The van der Waals surface area contributed by atoms with Crippen LogP contribution in [0.1, 0.15) is 50.3 Å². The molecule has 1 fully saturated rings. The SMILES string of the molecule is CC(C)Oc1ccc(N(C)CCC2(O)CCN(C(c3ccccc3)c3ccccc3)CC2)cc1.Cl.Cl. The molecule has 0 radical (unpaired) electrons. The average molecular weight is 532 g/mol. The van der Waals surface area contributed by atoms with E-state index in [2.05, 4.69) is 89.6 Å². The highest BCUT2D eigenvalue weighted by molar-refractivity contribution is 5.85. The zero-order chi connectivity index (χ0) is 24.0. The van der Waals surface area contributed by atoms with Crippen LogP contribution in [0.2, 0.25) is 0 Å². The largest absolute Gasteiger partial charge is 0.491 e. The predicted molar refractivity (Wildman–Crippen MR) is 155 cm³/mol. The molecular formula is C30H40Cl2N2O2. The van der Waals surface area contributed by atoms with Crippen LogP contribution in [0.3, 0.4) is 0 Å². The van der Waals surface area contributed by atoms with Gasteiger partial charge in [-0.2, -0.15) is 0 Å². The van der Waals surface area contributed by atoms with Crippen LogP contribution in [0.5, 0.6) is 5.75 Å². The molecule has 1 saturated heterocycles. The number of anilines is 1. The average Bonchev–Trinajstić information content (AvgIpc) is 2.86. The number of likely N-dealkylation sites (tertiary alicyclic amines) is 1. The summed E-state index contributed by atoms with van der Waals surface area (Å²) in [7, 11) is 2.09. The van der Waals surface area contributed by atoms with Crippen LogP contribution in [-0.4, -0.2) is 48.4 Å². The van der Waals surface area contributed by atoms with E-state index in [0.717, 1.165) is 50.3 Å². The van der Waals surface area contributed by atoms with E-state index >= 15 is 0 Å². The van der Waals surface area contributed by atoms with Gasteiger partial charge in [0, 0.05) is 32.4 Å². The number of aliphatic hydroxyl groups is 1. The van der Waals surface area contributed by atoms with Crippen LogP contribution in [0.15, 0.2) is 84.9 Å². The van der Waals surface area contributed by atoms with Gasteiger partial charge in [-0.15, -0.1) is 24.8 Å². The molecule has 3 aromatic carbocycles. The molecule has 0 amide bonds. The first-order valence-electron chi connectivity index (χ1n) is 12.5. The molecule has 4 nitrogen and oxygen atoms in total. The van der Waals surface area contributed by atoms with E-state index in [1.807, 2.05) is 26.0 Å². The molecule has 196 valence electrons. The molecule has 0 atom stereocenters. The number of halogens is 2. The van der Waals surface area contributed by atoms with Crippen molar-refractivity contribution in [1.29, 1.82) is 0 Å². The zero-order valence-corrected chi connectivity index (χ0v) is 23.2. The Kier molecular flexibility index (Phi) is 11.6. The molecule has 3 aromatic rings. The Morgan fingerprint density at radius 2 is 1.33 bits per heavy atom. The molecule has 36 heavy (non-hydrogen) atoms. The number of rotatable bonds is 9. The van der Waals surface area contributed by atoms with Gasteiger partial charge in [0.25, 0.3) is 0 Å². The topological polar surface area (TPSA) is 35.9 Å². The third-order valence-electron chi connectivity index (χ3n) is 6.89. The molecule has 0 bridgehead atoms. The van der Waals surface area contributed by atoms with Crippen molar-refractivity contribution in [3.8, 4) is 5.75 Å². The van der Waals surface area contributed by atoms with E-state index in [4.69, 9.17) is 4.74 Å². The maximum absolute atomic E-state index is 11.4. The summed E-state index contributed by atoms with van der Waals surface area (Å²) in [6, 6.07) is 29.9. The molecule has 4 rings (SSSR count). The predicted octanol–water partition coefficient (Wildman–Crippen LogP) is 6.76. The first-order valence-corrected chi connectivity index (χ1v) is 12.5. The summed E-state index contributed by atoms with van der Waals surface area (Å²) in [6.45, 7) is 6.66. The molecule has 6 heteroatoms. The number of hydrogen-bond acceptors (Lipinski definition) is 4. The minimum atomic E-state index is -0.622. The van der Waals surface area contributed by atoms with E-state index in [1.54, 1.807) is 0 Å². The van der Waals surface area contributed by atoms with Crippen molar-refractivity contribution in [2.75, 3.05) is 31.6 Å². The van der Waals surface area contributed by atoms with Gasteiger partial charge < -0.3 is 14.7 Å². The highest BCUT2D eigenvalue weighted by Gasteiger charge is 2.35. The summed E-state index contributed by atoms with van der Waals surface area (Å²) in [5.41, 5.74) is 3.14. The van der Waals surface area contributed by atoms with Crippen LogP contribution in [0.25, 0.3) is 0 Å². The third kappa shape index (κ3) is 7.88. The highest BCUT2D eigenvalue weighted by Crippen LogP contribution is 2.35. The zero-order valence-electron chi connectivity index (χ0n) is 21.5. The molecule has 1 heterocycles. The molecule has 0 unspecified atom stereocenters. The lowest BCUT2D eigenvalue weighted by atomic mass is 9.86. The van der Waals surface area contributed by atoms with Gasteiger partial charge in [0.15, 0.2) is 0 Å². The fraction of sp³-hybridized carbons (Fsp3) is 0.400. The fourth-order valence-electron chi connectivity index (χ4n) is 4.89. The van der Waals surface area contributed by atoms with Crippen molar-refractivity contribution in [2.24, 2.45) is 0 Å². The number of nitrogens with zero attached hydrogens (tertiary/aromatic N) is 2. The van der Waals surface area contributed by atoms with Crippen molar-refractivity contribution in [3.05, 3.63) is 96.1 Å². The first-order chi connectivity index (χ1) is 16.4. The molecule has 1 N–H and O–H groups in total. The molecule has 0 aliphatic carbocycles. The normalized spacial score (nSPS) is 15.2. The van der Waals surface area contributed by atoms with Crippen molar-refractivity contribution < 1.29 is 9.84 Å². The van der Waals surface area contributed by atoms with Gasteiger partial charge in [0.05, 0.1) is 17.7 Å². The van der Waals surface area contributed by atoms with Gasteiger partial charge in [-0.3, -0.25) is 4.90 Å². The molecule has 0 saturated carbocycles. The van der Waals surface area contributed by atoms with Crippen LogP contribution < -0.4 is 9.64 Å². The maximum Gasteiger partial charge on any atom is 0.119 e.